The smallest absolute Gasteiger partial charge is 0.657 e. The van der Waals surface area contributed by atoms with Crippen molar-refractivity contribution in [2.24, 2.45) is 0 Å². The maximum atomic E-state index is 14.2. The summed E-state index contributed by atoms with van der Waals surface area (Å²) in [6.07, 6.45) is -0.139. The molecule has 3 aromatic heterocycles. The van der Waals surface area contributed by atoms with Gasteiger partial charge < -0.3 is 40.9 Å². The van der Waals surface area contributed by atoms with Gasteiger partial charge in [-0.25, -0.2) is 0 Å². The maximum Gasteiger partial charge on any atom is 2.00 e. The monoisotopic (exact) mass is 916 g/mol. The molecule has 60 heavy (non-hydrogen) atoms. The minimum atomic E-state index is -1.19. The molecule has 326 valence electrons. The molecule has 0 aliphatic carbocycles. The van der Waals surface area contributed by atoms with E-state index in [2.05, 4.69) is 34.7 Å². The number of aryl methyl sites for hydroxylation is 2. The summed E-state index contributed by atoms with van der Waals surface area (Å²) in [5.41, 5.74) is 6.83. The number of rotatable bonds is 14. The molecule has 16 heteroatoms. The molecule has 5 N–H and O–H groups in total. The molecule has 6 rings (SSSR count). The van der Waals surface area contributed by atoms with Gasteiger partial charge in [0, 0.05) is 110 Å². The predicted molar refractivity (Wildman–Crippen MR) is 224 cm³/mol. The van der Waals surface area contributed by atoms with Crippen LogP contribution in [-0.2, 0) is 41.2 Å². The Morgan fingerprint density at radius 3 is 2.23 bits per heavy atom. The molecule has 5 atom stereocenters. The summed E-state index contributed by atoms with van der Waals surface area (Å²) in [4.78, 5) is 76.8. The number of piperazine rings is 1. The molecule has 6 heterocycles. The number of aromatic nitrogens is 4. The summed E-state index contributed by atoms with van der Waals surface area (Å²) < 4.78 is 5.21. The number of ether oxygens (including phenoxy) is 1. The fourth-order valence-electron chi connectivity index (χ4n) is 8.71. The third-order valence-electron chi connectivity index (χ3n) is 12.2. The van der Waals surface area contributed by atoms with Crippen molar-refractivity contribution in [1.82, 2.24) is 40.8 Å². The van der Waals surface area contributed by atoms with Crippen molar-refractivity contribution < 1.29 is 54.6 Å². The molecule has 1 unspecified atom stereocenters. The number of nitrogens with zero attached hydrogens (tertiary/aromatic N) is 5. The van der Waals surface area contributed by atoms with Crippen molar-refractivity contribution in [3.63, 3.8) is 0 Å². The first-order valence-corrected chi connectivity index (χ1v) is 20.8. The van der Waals surface area contributed by atoms with Gasteiger partial charge in [-0.15, -0.1) is 22.1 Å². The Morgan fingerprint density at radius 1 is 0.933 bits per heavy atom. The van der Waals surface area contributed by atoms with Gasteiger partial charge in [0.2, 0.25) is 11.8 Å². The number of aliphatic hydroxyl groups excluding tert-OH is 2. The number of carbonyl (C=O) groups excluding carboxylic acids is 4. The predicted octanol–water partition coefficient (Wildman–Crippen LogP) is 3.17. The molecule has 3 aliphatic rings. The van der Waals surface area contributed by atoms with Crippen LogP contribution in [0.4, 0.5) is 0 Å². The summed E-state index contributed by atoms with van der Waals surface area (Å²) in [5, 5.41) is 28.8. The third-order valence-corrected chi connectivity index (χ3v) is 12.2. The van der Waals surface area contributed by atoms with Crippen LogP contribution in [-0.4, -0.2) is 114 Å². The summed E-state index contributed by atoms with van der Waals surface area (Å²) in [7, 11) is 1.29. The average molecular weight is 917 g/mol. The van der Waals surface area contributed by atoms with Gasteiger partial charge in [-0.05, 0) is 39.2 Å². The van der Waals surface area contributed by atoms with Crippen molar-refractivity contribution in [1.29, 1.82) is 0 Å². The Hall–Kier alpha value is -4.30. The molecule has 0 spiro atoms. The number of hydrogen-bond donors (Lipinski definition) is 5. The second-order valence-electron chi connectivity index (χ2n) is 16.1. The minimum Gasteiger partial charge on any atom is -0.657 e. The zero-order valence-electron chi connectivity index (χ0n) is 35.6. The first-order valence-electron chi connectivity index (χ1n) is 20.8. The van der Waals surface area contributed by atoms with Gasteiger partial charge in [-0.3, -0.25) is 34.0 Å². The summed E-state index contributed by atoms with van der Waals surface area (Å²) in [6, 6.07) is 5.64. The van der Waals surface area contributed by atoms with Crippen molar-refractivity contribution in [3.8, 4) is 0 Å². The number of aliphatic hydroxyl groups is 2. The molecular weight excluding hydrogens is 859 g/mol. The van der Waals surface area contributed by atoms with Crippen LogP contribution in [0.5, 0.6) is 0 Å². The van der Waals surface area contributed by atoms with E-state index < -0.39 is 24.6 Å². The first-order chi connectivity index (χ1) is 28.3. The van der Waals surface area contributed by atoms with Crippen molar-refractivity contribution >= 4 is 45.6 Å². The quantitative estimate of drug-likeness (QED) is 0.0896. The molecule has 0 aromatic carbocycles. The van der Waals surface area contributed by atoms with E-state index in [1.807, 2.05) is 32.0 Å². The topological polar surface area (TPSA) is 211 Å². The SMILES string of the molecule is CC[C@H]1c2cc3[n-]c(c(CC(=O)OC)c4nc(cc5[n-]c(cc(n2)[C@@H]1C)c(C(C)=O)c5C)[C@@H](C)[C@@H]4CCC(=O)NCCN1CCNCC1)c(C(=O)NCC(O)CO)c3C.[Pd+2]. The molecule has 1 fully saturated rings. The molecule has 3 aromatic rings. The zero-order valence-corrected chi connectivity index (χ0v) is 37.1. The van der Waals surface area contributed by atoms with E-state index in [1.165, 1.54) is 14.0 Å². The van der Waals surface area contributed by atoms with Crippen LogP contribution in [0, 0.1) is 13.8 Å². The van der Waals surface area contributed by atoms with E-state index in [9.17, 15) is 29.4 Å². The van der Waals surface area contributed by atoms with Crippen LogP contribution in [0.15, 0.2) is 18.2 Å². The number of hydrogen-bond acceptors (Lipinski definition) is 11. The van der Waals surface area contributed by atoms with E-state index >= 15 is 0 Å². The second kappa shape index (κ2) is 20.5. The zero-order chi connectivity index (χ0) is 42.5. The molecule has 2 amide bonds. The van der Waals surface area contributed by atoms with Gasteiger partial charge in [-0.1, -0.05) is 50.1 Å². The Morgan fingerprint density at radius 2 is 1.57 bits per heavy atom. The summed E-state index contributed by atoms with van der Waals surface area (Å²) in [6.45, 7) is 15.6. The number of methoxy groups -OCH3 is 1. The molecule has 3 aliphatic heterocycles. The Bertz CT molecular complexity index is 2250. The minimum absolute atomic E-state index is 0. The normalized spacial score (nSPS) is 19.6. The van der Waals surface area contributed by atoms with Gasteiger partial charge >= 0.3 is 26.4 Å². The van der Waals surface area contributed by atoms with E-state index in [0.717, 1.165) is 50.5 Å². The second-order valence-corrected chi connectivity index (χ2v) is 16.1. The number of esters is 1. The number of carbonyl (C=O) groups is 4. The largest absolute Gasteiger partial charge is 2.00 e. The van der Waals surface area contributed by atoms with E-state index in [0.29, 0.717) is 63.2 Å². The third kappa shape index (κ3) is 10.1. The van der Waals surface area contributed by atoms with Gasteiger partial charge in [0.25, 0.3) is 0 Å². The Balaban J connectivity index is 0.00000683. The fourth-order valence-corrected chi connectivity index (χ4v) is 8.71. The Labute approximate surface area is 364 Å². The maximum absolute atomic E-state index is 14.2. The number of nitrogens with one attached hydrogen (secondary N) is 3. The average Bonchev–Trinajstić information content (AvgIpc) is 3.91. The fraction of sp³-hybridized carbons (Fsp3) is 0.545. The van der Waals surface area contributed by atoms with Crippen LogP contribution < -0.4 is 25.9 Å². The van der Waals surface area contributed by atoms with Crippen LogP contribution in [0.1, 0.15) is 131 Å². The number of amides is 2. The number of fused-ring (bicyclic) bond motifs is 8. The van der Waals surface area contributed by atoms with Gasteiger partial charge in [0.1, 0.15) is 0 Å². The molecular formula is C44H58N8O7Pd. The molecule has 8 bridgehead atoms. The molecule has 1 saturated heterocycles. The molecule has 0 radical (unpaired) electrons. The van der Waals surface area contributed by atoms with Crippen molar-refractivity contribution in [2.45, 2.75) is 97.0 Å². The molecule has 15 nitrogen and oxygen atoms in total. The van der Waals surface area contributed by atoms with Crippen molar-refractivity contribution in [2.75, 3.05) is 59.5 Å². The van der Waals surface area contributed by atoms with Gasteiger partial charge in [0.05, 0.1) is 26.2 Å². The van der Waals surface area contributed by atoms with Crippen LogP contribution in [0.3, 0.4) is 0 Å². The number of Topliss-reactive ketones (excluding diaryl/α,β-unsaturated/α-hetero) is 1. The Kier molecular flexibility index (Phi) is 16.0. The van der Waals surface area contributed by atoms with E-state index in [-0.39, 0.29) is 86.3 Å². The standard InChI is InChI=1S/C44H60N8O7.Pd/c1-8-29-23(2)32-20-37-40(27(6)54)25(4)34(49-37)18-33-24(3)30(9-10-38(56)46-13-16-52-14-11-45-12-15-52)42(50-33)31(17-39(57)59-7)43-41(44(58)47-21-28(55)22-53)26(5)35(51-43)19-36(29)48-32;/h18-20,23-24,28-30,45,53,55H,8-17,21-22H2,1-7H3,(H4,46,47,48,49,50,51,54,56,58);/q;+2/p-2/t23-,24+,28?,29-,30+;/m1./s1. The van der Waals surface area contributed by atoms with E-state index in [1.54, 1.807) is 6.92 Å². The molecule has 0 saturated carbocycles. The van der Waals surface area contributed by atoms with E-state index in [4.69, 9.17) is 24.7 Å². The number of ketones is 1. The van der Waals surface area contributed by atoms with Crippen LogP contribution in [0.2, 0.25) is 0 Å². The summed E-state index contributed by atoms with van der Waals surface area (Å²) in [5.74, 6) is -2.01. The van der Waals surface area contributed by atoms with Gasteiger partial charge in [0.15, 0.2) is 5.78 Å². The summed E-state index contributed by atoms with van der Waals surface area (Å²) >= 11 is 0. The van der Waals surface area contributed by atoms with Crippen LogP contribution >= 0.6 is 0 Å². The van der Waals surface area contributed by atoms with Gasteiger partial charge in [-0.2, -0.15) is 0 Å². The first kappa shape index (κ1) is 46.8. The van der Waals surface area contributed by atoms with Crippen molar-refractivity contribution in [3.05, 3.63) is 68.8 Å². The van der Waals surface area contributed by atoms with Crippen LogP contribution in [0.25, 0.3) is 22.1 Å².